The second kappa shape index (κ2) is 6.36. The van der Waals surface area contributed by atoms with Crippen LogP contribution in [0.2, 0.25) is 0 Å². The van der Waals surface area contributed by atoms with Crippen LogP contribution in [0.15, 0.2) is 24.4 Å². The van der Waals surface area contributed by atoms with E-state index in [0.29, 0.717) is 25.0 Å². The van der Waals surface area contributed by atoms with Crippen LogP contribution < -0.4 is 0 Å². The summed E-state index contributed by atoms with van der Waals surface area (Å²) in [5, 5.41) is 0. The zero-order valence-electron chi connectivity index (χ0n) is 12.5. The number of aromatic nitrogens is 1. The summed E-state index contributed by atoms with van der Waals surface area (Å²) in [6.45, 7) is 4.44. The maximum Gasteiger partial charge on any atom is 0.222 e. The summed E-state index contributed by atoms with van der Waals surface area (Å²) in [5.74, 6) is 1.34. The van der Waals surface area contributed by atoms with E-state index >= 15 is 0 Å². The van der Waals surface area contributed by atoms with Crippen LogP contribution in [0.25, 0.3) is 0 Å². The van der Waals surface area contributed by atoms with Crippen molar-refractivity contribution in [3.8, 4) is 0 Å². The molecule has 0 saturated carbocycles. The third-order valence-corrected chi connectivity index (χ3v) is 5.72. The Morgan fingerprint density at radius 3 is 3.10 bits per heavy atom. The molecule has 0 bridgehead atoms. The van der Waals surface area contributed by atoms with Gasteiger partial charge < -0.3 is 9.64 Å². The average molecular weight is 306 g/mol. The fourth-order valence-electron chi connectivity index (χ4n) is 3.01. The number of nitrogens with zero attached hydrogens (tertiary/aromatic N) is 2. The van der Waals surface area contributed by atoms with E-state index in [1.54, 1.807) is 6.20 Å². The van der Waals surface area contributed by atoms with Crippen LogP contribution >= 0.6 is 11.8 Å². The average Bonchev–Trinajstić information content (AvgIpc) is 2.89. The molecule has 0 radical (unpaired) electrons. The molecule has 114 valence electrons. The van der Waals surface area contributed by atoms with Crippen molar-refractivity contribution >= 4 is 17.7 Å². The Labute approximate surface area is 130 Å². The second-order valence-electron chi connectivity index (χ2n) is 5.95. The Hall–Kier alpha value is -1.07. The van der Waals surface area contributed by atoms with Gasteiger partial charge in [0.25, 0.3) is 0 Å². The van der Waals surface area contributed by atoms with E-state index in [4.69, 9.17) is 4.74 Å². The predicted molar refractivity (Wildman–Crippen MR) is 84.1 cm³/mol. The first-order valence-electron chi connectivity index (χ1n) is 7.64. The fraction of sp³-hybridized carbons (Fsp3) is 0.625. The van der Waals surface area contributed by atoms with E-state index in [1.165, 1.54) is 0 Å². The van der Waals surface area contributed by atoms with Gasteiger partial charge in [-0.3, -0.25) is 9.78 Å². The molecule has 0 aromatic carbocycles. The predicted octanol–water partition coefficient (Wildman–Crippen LogP) is 2.48. The molecule has 0 unspecified atom stereocenters. The van der Waals surface area contributed by atoms with Crippen LogP contribution in [0, 0.1) is 0 Å². The van der Waals surface area contributed by atoms with Gasteiger partial charge in [-0.05, 0) is 25.0 Å². The summed E-state index contributed by atoms with van der Waals surface area (Å²) in [6.07, 6.45) is 4.76. The standard InChI is InChI=1S/C16H22N2O2S/c1-2-5-15(19)18-11-16(12-18)8-14(10-21-16)20-9-13-6-3-4-7-17-13/h3-4,6-7,14H,2,5,8-12H2,1H3/t14-/m1/s1. The van der Waals surface area contributed by atoms with Crippen LogP contribution in [-0.4, -0.2) is 45.5 Å². The number of amides is 1. The second-order valence-corrected chi connectivity index (χ2v) is 7.44. The van der Waals surface area contributed by atoms with Gasteiger partial charge in [0, 0.05) is 31.5 Å². The molecule has 1 aromatic rings. The third kappa shape index (κ3) is 3.40. The van der Waals surface area contributed by atoms with E-state index in [0.717, 1.165) is 37.4 Å². The van der Waals surface area contributed by atoms with E-state index in [2.05, 4.69) is 11.9 Å². The molecule has 1 atom stereocenters. The number of likely N-dealkylation sites (tertiary alicyclic amines) is 1. The quantitative estimate of drug-likeness (QED) is 0.838. The van der Waals surface area contributed by atoms with Gasteiger partial charge in [0.15, 0.2) is 0 Å². The summed E-state index contributed by atoms with van der Waals surface area (Å²) in [4.78, 5) is 18.1. The zero-order valence-corrected chi connectivity index (χ0v) is 13.3. The lowest BCUT2D eigenvalue weighted by Crippen LogP contribution is -2.60. The number of hydrogen-bond acceptors (Lipinski definition) is 4. The summed E-state index contributed by atoms with van der Waals surface area (Å²) in [7, 11) is 0. The van der Waals surface area contributed by atoms with Crippen LogP contribution in [0.5, 0.6) is 0 Å². The Morgan fingerprint density at radius 1 is 1.52 bits per heavy atom. The van der Waals surface area contributed by atoms with Crippen LogP contribution in [0.4, 0.5) is 0 Å². The molecule has 1 aromatic heterocycles. The molecule has 1 amide bonds. The molecule has 3 rings (SSSR count). The zero-order chi connectivity index (χ0) is 14.7. The molecule has 0 aliphatic carbocycles. The van der Waals surface area contributed by atoms with Gasteiger partial charge in [0.05, 0.1) is 23.2 Å². The number of pyridine rings is 1. The Balaban J connectivity index is 1.43. The minimum absolute atomic E-state index is 0.262. The van der Waals surface area contributed by atoms with Gasteiger partial charge in [0.2, 0.25) is 5.91 Å². The molecule has 2 saturated heterocycles. The van der Waals surface area contributed by atoms with Crippen molar-refractivity contribution in [2.75, 3.05) is 18.8 Å². The summed E-state index contributed by atoms with van der Waals surface area (Å²) in [6, 6.07) is 5.90. The van der Waals surface area contributed by atoms with Gasteiger partial charge in [0.1, 0.15) is 0 Å². The minimum Gasteiger partial charge on any atom is -0.371 e. The SMILES string of the molecule is CCCC(=O)N1CC2(C[C@@H](OCc3ccccn3)CS2)C1. The lowest BCUT2D eigenvalue weighted by Gasteiger charge is -2.47. The number of thioether (sulfide) groups is 1. The normalized spacial score (nSPS) is 23.3. The van der Waals surface area contributed by atoms with Crippen molar-refractivity contribution in [3.05, 3.63) is 30.1 Å². The third-order valence-electron chi connectivity index (χ3n) is 4.14. The first-order valence-corrected chi connectivity index (χ1v) is 8.62. The summed E-state index contributed by atoms with van der Waals surface area (Å²) >= 11 is 1.97. The summed E-state index contributed by atoms with van der Waals surface area (Å²) in [5.41, 5.74) is 0.983. The molecular formula is C16H22N2O2S. The van der Waals surface area contributed by atoms with E-state index < -0.39 is 0 Å². The number of hydrogen-bond donors (Lipinski definition) is 0. The highest BCUT2D eigenvalue weighted by molar-refractivity contribution is 8.01. The van der Waals surface area contributed by atoms with Crippen molar-refractivity contribution < 1.29 is 9.53 Å². The molecular weight excluding hydrogens is 284 g/mol. The van der Waals surface area contributed by atoms with Gasteiger partial charge >= 0.3 is 0 Å². The topological polar surface area (TPSA) is 42.4 Å². The summed E-state index contributed by atoms with van der Waals surface area (Å²) < 4.78 is 6.24. The van der Waals surface area contributed by atoms with Gasteiger partial charge in [-0.2, -0.15) is 0 Å². The maximum atomic E-state index is 11.8. The highest BCUT2D eigenvalue weighted by Crippen LogP contribution is 2.46. The molecule has 2 fully saturated rings. The highest BCUT2D eigenvalue weighted by Gasteiger charge is 2.50. The Morgan fingerprint density at radius 2 is 2.38 bits per heavy atom. The number of ether oxygens (including phenoxy) is 1. The minimum atomic E-state index is 0.262. The van der Waals surface area contributed by atoms with Crippen LogP contribution in [-0.2, 0) is 16.1 Å². The Bertz CT molecular complexity index is 488. The fourth-order valence-corrected chi connectivity index (χ4v) is 4.57. The van der Waals surface area contributed by atoms with Crippen molar-refractivity contribution in [1.82, 2.24) is 9.88 Å². The number of carbonyl (C=O) groups is 1. The Kier molecular flexibility index (Phi) is 4.50. The molecule has 2 aliphatic rings. The molecule has 5 heteroatoms. The molecule has 2 aliphatic heterocycles. The van der Waals surface area contributed by atoms with Crippen molar-refractivity contribution in [1.29, 1.82) is 0 Å². The molecule has 3 heterocycles. The molecule has 21 heavy (non-hydrogen) atoms. The van der Waals surface area contributed by atoms with E-state index in [1.807, 2.05) is 34.9 Å². The van der Waals surface area contributed by atoms with E-state index in [9.17, 15) is 4.79 Å². The van der Waals surface area contributed by atoms with E-state index in [-0.39, 0.29) is 4.75 Å². The lowest BCUT2D eigenvalue weighted by molar-refractivity contribution is -0.136. The highest BCUT2D eigenvalue weighted by atomic mass is 32.2. The molecule has 1 spiro atoms. The van der Waals surface area contributed by atoms with Gasteiger partial charge in [-0.15, -0.1) is 11.8 Å². The number of rotatable bonds is 5. The first kappa shape index (κ1) is 14.9. The van der Waals surface area contributed by atoms with Crippen molar-refractivity contribution in [3.63, 3.8) is 0 Å². The first-order chi connectivity index (χ1) is 10.2. The largest absolute Gasteiger partial charge is 0.371 e. The van der Waals surface area contributed by atoms with Gasteiger partial charge in [-0.25, -0.2) is 0 Å². The van der Waals surface area contributed by atoms with Crippen LogP contribution in [0.3, 0.4) is 0 Å². The monoisotopic (exact) mass is 306 g/mol. The van der Waals surface area contributed by atoms with Crippen LogP contribution in [0.1, 0.15) is 31.9 Å². The lowest BCUT2D eigenvalue weighted by atomic mass is 9.92. The number of carbonyl (C=O) groups excluding carboxylic acids is 1. The molecule has 4 nitrogen and oxygen atoms in total. The molecule has 0 N–H and O–H groups in total. The smallest absolute Gasteiger partial charge is 0.222 e. The maximum absolute atomic E-state index is 11.8. The van der Waals surface area contributed by atoms with Crippen molar-refractivity contribution in [2.24, 2.45) is 0 Å². The van der Waals surface area contributed by atoms with Gasteiger partial charge in [-0.1, -0.05) is 13.0 Å². The van der Waals surface area contributed by atoms with Crippen molar-refractivity contribution in [2.45, 2.75) is 43.6 Å².